The monoisotopic (exact) mass is 309 g/mol. The molecule has 0 unspecified atom stereocenters. The van der Waals surface area contributed by atoms with Gasteiger partial charge in [0.05, 0.1) is 11.9 Å². The summed E-state index contributed by atoms with van der Waals surface area (Å²) in [6.45, 7) is 12.0. The molecule has 1 rings (SSSR count). The quantitative estimate of drug-likeness (QED) is 0.793. The van der Waals surface area contributed by atoms with E-state index in [0.29, 0.717) is 24.5 Å². The number of aromatic nitrogens is 2. The molecule has 0 aliphatic rings. The van der Waals surface area contributed by atoms with Crippen LogP contribution in [0.5, 0.6) is 0 Å². The topological polar surface area (TPSA) is 46.1 Å². The minimum absolute atomic E-state index is 0.00476. The van der Waals surface area contributed by atoms with Crippen LogP contribution in [0.1, 0.15) is 66.5 Å². The van der Waals surface area contributed by atoms with Crippen LogP contribution in [0, 0.1) is 11.2 Å². The third kappa shape index (κ3) is 4.75. The van der Waals surface area contributed by atoms with Gasteiger partial charge < -0.3 is 0 Å². The molecular weight excluding hydrogens is 281 g/mol. The second kappa shape index (κ2) is 7.65. The summed E-state index contributed by atoms with van der Waals surface area (Å²) in [6.07, 6.45) is 3.68. The maximum atomic E-state index is 13.6. The molecule has 1 aromatic heterocycles. The van der Waals surface area contributed by atoms with Crippen molar-refractivity contribution in [1.29, 1.82) is 0 Å². The molecule has 0 bridgehead atoms. The lowest BCUT2D eigenvalue weighted by Crippen LogP contribution is -2.42. The fraction of sp³-hybridized carbons (Fsp3) is 0.706. The van der Waals surface area contributed by atoms with Gasteiger partial charge in [-0.2, -0.15) is 0 Å². The molecule has 0 aromatic carbocycles. The van der Waals surface area contributed by atoms with Gasteiger partial charge in [-0.3, -0.25) is 9.69 Å². The Bertz CT molecular complexity index is 507. The molecular formula is C17H28FN3O. The van der Waals surface area contributed by atoms with Gasteiger partial charge in [0.1, 0.15) is 0 Å². The Labute approximate surface area is 133 Å². The first-order valence-corrected chi connectivity index (χ1v) is 8.06. The van der Waals surface area contributed by atoms with E-state index in [9.17, 15) is 9.18 Å². The number of nitrogens with zero attached hydrogens (tertiary/aromatic N) is 3. The maximum absolute atomic E-state index is 13.6. The molecule has 1 heterocycles. The fourth-order valence-electron chi connectivity index (χ4n) is 2.43. The van der Waals surface area contributed by atoms with Crippen LogP contribution >= 0.6 is 0 Å². The largest absolute Gasteiger partial charge is 0.278 e. The Kier molecular flexibility index (Phi) is 6.45. The number of amides is 1. The summed E-state index contributed by atoms with van der Waals surface area (Å²) < 4.78 is 13.6. The standard InChI is InChI=1S/C17H28FN3O/c1-7-12(8-2)21(15(22)10-17(4,5)6)16-19-11-13(18)14(9-3)20-16/h11-12H,7-10H2,1-6H3. The van der Waals surface area contributed by atoms with Crippen molar-refractivity contribution in [2.24, 2.45) is 5.41 Å². The van der Waals surface area contributed by atoms with E-state index in [2.05, 4.69) is 9.97 Å². The molecule has 1 amide bonds. The van der Waals surface area contributed by atoms with Crippen molar-refractivity contribution in [3.8, 4) is 0 Å². The molecule has 0 N–H and O–H groups in total. The maximum Gasteiger partial charge on any atom is 0.232 e. The van der Waals surface area contributed by atoms with Crippen molar-refractivity contribution in [2.75, 3.05) is 4.90 Å². The van der Waals surface area contributed by atoms with Crippen LogP contribution in [-0.2, 0) is 11.2 Å². The number of carbonyl (C=O) groups excluding carboxylic acids is 1. The van der Waals surface area contributed by atoms with E-state index in [1.807, 2.05) is 41.5 Å². The van der Waals surface area contributed by atoms with Crippen LogP contribution in [0.15, 0.2) is 6.20 Å². The Morgan fingerprint density at radius 3 is 2.32 bits per heavy atom. The molecule has 0 fully saturated rings. The number of anilines is 1. The van der Waals surface area contributed by atoms with E-state index >= 15 is 0 Å². The molecule has 4 nitrogen and oxygen atoms in total. The van der Waals surface area contributed by atoms with Gasteiger partial charge in [0.25, 0.3) is 0 Å². The predicted molar refractivity (Wildman–Crippen MR) is 87.3 cm³/mol. The second-order valence-electron chi connectivity index (χ2n) is 6.79. The Morgan fingerprint density at radius 1 is 1.27 bits per heavy atom. The number of hydrogen-bond donors (Lipinski definition) is 0. The zero-order valence-electron chi connectivity index (χ0n) is 14.6. The van der Waals surface area contributed by atoms with E-state index in [4.69, 9.17) is 0 Å². The normalized spacial score (nSPS) is 11.8. The van der Waals surface area contributed by atoms with Gasteiger partial charge in [-0.05, 0) is 24.7 Å². The van der Waals surface area contributed by atoms with Gasteiger partial charge in [0, 0.05) is 12.5 Å². The highest BCUT2D eigenvalue weighted by molar-refractivity contribution is 5.92. The Morgan fingerprint density at radius 2 is 1.86 bits per heavy atom. The summed E-state index contributed by atoms with van der Waals surface area (Å²) in [5, 5.41) is 0. The predicted octanol–water partition coefficient (Wildman–Crippen LogP) is 4.14. The third-order valence-electron chi connectivity index (χ3n) is 3.61. The molecule has 5 heteroatoms. The fourth-order valence-corrected chi connectivity index (χ4v) is 2.43. The zero-order chi connectivity index (χ0) is 16.9. The highest BCUT2D eigenvalue weighted by Crippen LogP contribution is 2.25. The van der Waals surface area contributed by atoms with E-state index < -0.39 is 5.82 Å². The molecule has 0 saturated heterocycles. The molecule has 22 heavy (non-hydrogen) atoms. The van der Waals surface area contributed by atoms with Gasteiger partial charge in [-0.25, -0.2) is 14.4 Å². The highest BCUT2D eigenvalue weighted by Gasteiger charge is 2.29. The number of hydrogen-bond acceptors (Lipinski definition) is 3. The minimum Gasteiger partial charge on any atom is -0.278 e. The summed E-state index contributed by atoms with van der Waals surface area (Å²) in [7, 11) is 0. The molecule has 124 valence electrons. The highest BCUT2D eigenvalue weighted by atomic mass is 19.1. The first kappa shape index (κ1) is 18.5. The molecule has 1 aromatic rings. The van der Waals surface area contributed by atoms with E-state index in [-0.39, 0.29) is 17.4 Å². The zero-order valence-corrected chi connectivity index (χ0v) is 14.6. The van der Waals surface area contributed by atoms with Gasteiger partial charge in [-0.15, -0.1) is 0 Å². The molecule has 0 saturated carbocycles. The third-order valence-corrected chi connectivity index (χ3v) is 3.61. The van der Waals surface area contributed by atoms with Crippen LogP contribution in [0.2, 0.25) is 0 Å². The summed E-state index contributed by atoms with van der Waals surface area (Å²) in [5.41, 5.74) is 0.235. The first-order valence-electron chi connectivity index (χ1n) is 8.06. The van der Waals surface area contributed by atoms with Crippen LogP contribution in [-0.4, -0.2) is 21.9 Å². The van der Waals surface area contributed by atoms with Crippen molar-refractivity contribution >= 4 is 11.9 Å². The van der Waals surface area contributed by atoms with E-state index in [1.165, 1.54) is 6.20 Å². The molecule has 0 aliphatic carbocycles. The average Bonchev–Trinajstić information content (AvgIpc) is 2.43. The Hall–Kier alpha value is -1.52. The summed E-state index contributed by atoms with van der Waals surface area (Å²) in [5.74, 6) is -0.102. The smallest absolute Gasteiger partial charge is 0.232 e. The van der Waals surface area contributed by atoms with Crippen molar-refractivity contribution in [2.45, 2.75) is 73.3 Å². The lowest BCUT2D eigenvalue weighted by Gasteiger charge is -2.31. The number of halogens is 1. The van der Waals surface area contributed by atoms with Crippen molar-refractivity contribution < 1.29 is 9.18 Å². The van der Waals surface area contributed by atoms with Crippen LogP contribution < -0.4 is 4.90 Å². The van der Waals surface area contributed by atoms with Gasteiger partial charge in [0.15, 0.2) is 5.82 Å². The van der Waals surface area contributed by atoms with Crippen molar-refractivity contribution in [1.82, 2.24) is 9.97 Å². The number of aryl methyl sites for hydroxylation is 1. The van der Waals surface area contributed by atoms with Crippen molar-refractivity contribution in [3.05, 3.63) is 17.7 Å². The summed E-state index contributed by atoms with van der Waals surface area (Å²) >= 11 is 0. The van der Waals surface area contributed by atoms with E-state index in [1.54, 1.807) is 4.90 Å². The summed E-state index contributed by atoms with van der Waals surface area (Å²) in [6, 6.07) is 0.0324. The Balaban J connectivity index is 3.23. The average molecular weight is 309 g/mol. The lowest BCUT2D eigenvalue weighted by atomic mass is 9.91. The van der Waals surface area contributed by atoms with Gasteiger partial charge in [-0.1, -0.05) is 41.5 Å². The van der Waals surface area contributed by atoms with Gasteiger partial charge in [0.2, 0.25) is 11.9 Å². The van der Waals surface area contributed by atoms with Crippen LogP contribution in [0.3, 0.4) is 0 Å². The SMILES string of the molecule is CCc1nc(N(C(=O)CC(C)(C)C)C(CC)CC)ncc1F. The molecule has 0 radical (unpaired) electrons. The van der Waals surface area contributed by atoms with Crippen LogP contribution in [0.25, 0.3) is 0 Å². The number of rotatable bonds is 6. The molecule has 0 spiro atoms. The van der Waals surface area contributed by atoms with E-state index in [0.717, 1.165) is 12.8 Å². The van der Waals surface area contributed by atoms with Gasteiger partial charge >= 0.3 is 0 Å². The summed E-state index contributed by atoms with van der Waals surface area (Å²) in [4.78, 5) is 22.8. The first-order chi connectivity index (χ1) is 10.2. The number of carbonyl (C=O) groups is 1. The minimum atomic E-state index is -0.418. The van der Waals surface area contributed by atoms with Crippen molar-refractivity contribution in [3.63, 3.8) is 0 Å². The molecule has 0 aliphatic heterocycles. The molecule has 0 atom stereocenters. The lowest BCUT2D eigenvalue weighted by molar-refractivity contribution is -0.120. The van der Waals surface area contributed by atoms with Crippen LogP contribution in [0.4, 0.5) is 10.3 Å². The second-order valence-corrected chi connectivity index (χ2v) is 6.79.